The molecule has 1 N–H and O–H groups in total. The Morgan fingerprint density at radius 1 is 1.34 bits per heavy atom. The number of rotatable bonds is 7. The number of hydrogen-bond donors (Lipinski definition) is 1. The molecule has 1 aliphatic heterocycles. The highest BCUT2D eigenvalue weighted by molar-refractivity contribution is 7.09. The fourth-order valence-corrected chi connectivity index (χ4v) is 4.47. The first-order valence-electron chi connectivity index (χ1n) is 10.1. The molecule has 4 heterocycles. The van der Waals surface area contributed by atoms with Crippen LogP contribution < -0.4 is 10.2 Å². The molecule has 1 aliphatic rings. The number of thiophene rings is 1. The zero-order chi connectivity index (χ0) is 20.1. The van der Waals surface area contributed by atoms with Crippen molar-refractivity contribution in [3.05, 3.63) is 52.9 Å². The van der Waals surface area contributed by atoms with Gasteiger partial charge < -0.3 is 10.2 Å². The van der Waals surface area contributed by atoms with Crippen LogP contribution in [0.3, 0.4) is 0 Å². The van der Waals surface area contributed by atoms with Crippen LogP contribution in [0.4, 0.5) is 5.82 Å². The second-order valence-electron chi connectivity index (χ2n) is 7.36. The number of aromatic nitrogens is 4. The third-order valence-corrected chi connectivity index (χ3v) is 6.12. The Balaban J connectivity index is 1.42. The molecule has 8 heteroatoms. The van der Waals surface area contributed by atoms with E-state index in [0.717, 1.165) is 43.7 Å². The molecule has 1 saturated heterocycles. The summed E-state index contributed by atoms with van der Waals surface area (Å²) in [6, 6.07) is 6.32. The number of nitrogens with zero attached hydrogens (tertiary/aromatic N) is 5. The first-order valence-corrected chi connectivity index (χ1v) is 11.0. The number of aryl methyl sites for hydroxylation is 1. The van der Waals surface area contributed by atoms with Crippen molar-refractivity contribution in [1.29, 1.82) is 0 Å². The van der Waals surface area contributed by atoms with E-state index in [0.29, 0.717) is 18.9 Å². The fourth-order valence-electron chi connectivity index (χ4n) is 3.76. The maximum absolute atomic E-state index is 12.6. The van der Waals surface area contributed by atoms with Gasteiger partial charge in [0.05, 0.1) is 0 Å². The average Bonchev–Trinajstić information content (AvgIpc) is 3.42. The molecule has 0 spiro atoms. The van der Waals surface area contributed by atoms with E-state index in [4.69, 9.17) is 4.98 Å². The van der Waals surface area contributed by atoms with Gasteiger partial charge in [-0.1, -0.05) is 6.07 Å². The van der Waals surface area contributed by atoms with Crippen LogP contribution in [0.5, 0.6) is 0 Å². The van der Waals surface area contributed by atoms with Crippen molar-refractivity contribution in [3.8, 4) is 5.95 Å². The summed E-state index contributed by atoms with van der Waals surface area (Å²) >= 11 is 1.73. The lowest BCUT2D eigenvalue weighted by Crippen LogP contribution is -2.43. The summed E-state index contributed by atoms with van der Waals surface area (Å²) in [5.74, 6) is 1.61. The number of carbonyl (C=O) groups is 1. The molecule has 1 amide bonds. The minimum atomic E-state index is 0.110. The molecule has 0 bridgehead atoms. The summed E-state index contributed by atoms with van der Waals surface area (Å²) in [4.78, 5) is 29.5. The van der Waals surface area contributed by atoms with Crippen molar-refractivity contribution in [1.82, 2.24) is 24.8 Å². The van der Waals surface area contributed by atoms with Gasteiger partial charge >= 0.3 is 0 Å². The minimum Gasteiger partial charge on any atom is -0.356 e. The lowest BCUT2D eigenvalue weighted by Gasteiger charge is -2.36. The van der Waals surface area contributed by atoms with Gasteiger partial charge in [-0.2, -0.15) is 4.98 Å². The summed E-state index contributed by atoms with van der Waals surface area (Å²) in [7, 11) is 0. The van der Waals surface area contributed by atoms with Gasteiger partial charge in [-0.25, -0.2) is 9.97 Å². The molecule has 3 aromatic rings. The van der Waals surface area contributed by atoms with Gasteiger partial charge in [0.15, 0.2) is 0 Å². The molecule has 7 nitrogen and oxygen atoms in total. The minimum absolute atomic E-state index is 0.110. The Labute approximate surface area is 174 Å². The lowest BCUT2D eigenvalue weighted by atomic mass is 9.99. The number of nitrogens with one attached hydrogen (secondary N) is 1. The Bertz CT molecular complexity index is 925. The zero-order valence-electron chi connectivity index (χ0n) is 16.6. The van der Waals surface area contributed by atoms with Crippen molar-refractivity contribution in [2.45, 2.75) is 45.1 Å². The van der Waals surface area contributed by atoms with Crippen LogP contribution >= 0.6 is 11.3 Å². The SMILES string of the molecule is Cc1cc(N2CCCCC2CC(=O)NCCc2cccs2)nc(-n2ccnc2)n1. The van der Waals surface area contributed by atoms with E-state index in [1.807, 2.05) is 29.8 Å². The van der Waals surface area contributed by atoms with Crippen LogP contribution in [0.1, 0.15) is 36.3 Å². The van der Waals surface area contributed by atoms with Crippen LogP contribution in [0.2, 0.25) is 0 Å². The van der Waals surface area contributed by atoms with Crippen LogP contribution in [-0.4, -0.2) is 44.6 Å². The molecule has 3 aromatic heterocycles. The third kappa shape index (κ3) is 5.00. The van der Waals surface area contributed by atoms with Crippen molar-refractivity contribution in [2.75, 3.05) is 18.0 Å². The predicted octanol–water partition coefficient (Wildman–Crippen LogP) is 3.14. The number of hydrogen-bond acceptors (Lipinski definition) is 6. The van der Waals surface area contributed by atoms with Gasteiger partial charge in [-0.3, -0.25) is 9.36 Å². The second kappa shape index (κ2) is 9.17. The molecule has 0 radical (unpaired) electrons. The number of anilines is 1. The zero-order valence-corrected chi connectivity index (χ0v) is 17.4. The van der Waals surface area contributed by atoms with Crippen LogP contribution in [0.25, 0.3) is 5.95 Å². The predicted molar refractivity (Wildman–Crippen MR) is 115 cm³/mol. The molecule has 152 valence electrons. The largest absolute Gasteiger partial charge is 0.356 e. The topological polar surface area (TPSA) is 75.9 Å². The van der Waals surface area contributed by atoms with Gasteiger partial charge in [-0.05, 0) is 44.1 Å². The van der Waals surface area contributed by atoms with Gasteiger partial charge in [-0.15, -0.1) is 11.3 Å². The van der Waals surface area contributed by atoms with E-state index in [-0.39, 0.29) is 11.9 Å². The molecule has 0 aliphatic carbocycles. The average molecular weight is 411 g/mol. The Morgan fingerprint density at radius 2 is 2.28 bits per heavy atom. The summed E-state index contributed by atoms with van der Waals surface area (Å²) in [6.07, 6.45) is 9.89. The molecule has 0 aromatic carbocycles. The summed E-state index contributed by atoms with van der Waals surface area (Å²) in [5, 5.41) is 5.15. The maximum atomic E-state index is 12.6. The van der Waals surface area contributed by atoms with E-state index in [1.54, 1.807) is 23.9 Å². The van der Waals surface area contributed by atoms with Crippen molar-refractivity contribution >= 4 is 23.1 Å². The van der Waals surface area contributed by atoms with E-state index in [2.05, 4.69) is 31.6 Å². The summed E-state index contributed by atoms with van der Waals surface area (Å²) < 4.78 is 1.81. The highest BCUT2D eigenvalue weighted by Gasteiger charge is 2.26. The molecule has 29 heavy (non-hydrogen) atoms. The van der Waals surface area contributed by atoms with Crippen molar-refractivity contribution in [2.24, 2.45) is 0 Å². The van der Waals surface area contributed by atoms with Crippen molar-refractivity contribution < 1.29 is 4.79 Å². The van der Waals surface area contributed by atoms with E-state index < -0.39 is 0 Å². The van der Waals surface area contributed by atoms with Crippen LogP contribution in [-0.2, 0) is 11.2 Å². The molecule has 1 atom stereocenters. The fraction of sp³-hybridized carbons (Fsp3) is 0.429. The lowest BCUT2D eigenvalue weighted by molar-refractivity contribution is -0.121. The van der Waals surface area contributed by atoms with Gasteiger partial charge in [0.2, 0.25) is 11.9 Å². The van der Waals surface area contributed by atoms with Crippen molar-refractivity contribution in [3.63, 3.8) is 0 Å². The monoisotopic (exact) mass is 410 g/mol. The Hall–Kier alpha value is -2.74. The number of amides is 1. The number of carbonyl (C=O) groups excluding carboxylic acids is 1. The second-order valence-corrected chi connectivity index (χ2v) is 8.40. The number of piperidine rings is 1. The molecular weight excluding hydrogens is 384 g/mol. The molecule has 0 saturated carbocycles. The standard InChI is InChI=1S/C21H26N6OS/c1-16-13-19(25-21(24-16)26-11-9-22-15-26)27-10-3-2-5-17(27)14-20(28)23-8-7-18-6-4-12-29-18/h4,6,9,11-13,15,17H,2-3,5,7-8,10,14H2,1H3,(H,23,28). The highest BCUT2D eigenvalue weighted by atomic mass is 32.1. The molecular formula is C21H26N6OS. The van der Waals surface area contributed by atoms with E-state index in [1.165, 1.54) is 4.88 Å². The summed E-state index contributed by atoms with van der Waals surface area (Å²) in [5.41, 5.74) is 0.906. The third-order valence-electron chi connectivity index (χ3n) is 5.18. The van der Waals surface area contributed by atoms with Gasteiger partial charge in [0, 0.05) is 54.6 Å². The van der Waals surface area contributed by atoms with Crippen LogP contribution in [0, 0.1) is 6.92 Å². The van der Waals surface area contributed by atoms with E-state index >= 15 is 0 Å². The Kier molecular flexibility index (Phi) is 6.19. The van der Waals surface area contributed by atoms with Crippen LogP contribution in [0.15, 0.2) is 42.3 Å². The van der Waals surface area contributed by atoms with Gasteiger partial charge in [0.25, 0.3) is 0 Å². The highest BCUT2D eigenvalue weighted by Crippen LogP contribution is 2.26. The first-order chi connectivity index (χ1) is 14.2. The molecule has 1 unspecified atom stereocenters. The summed E-state index contributed by atoms with van der Waals surface area (Å²) in [6.45, 7) is 3.57. The number of imidazole rings is 1. The Morgan fingerprint density at radius 3 is 3.07 bits per heavy atom. The smallest absolute Gasteiger partial charge is 0.237 e. The normalized spacial score (nSPS) is 16.7. The molecule has 1 fully saturated rings. The van der Waals surface area contributed by atoms with E-state index in [9.17, 15) is 4.79 Å². The quantitative estimate of drug-likeness (QED) is 0.648. The molecule has 4 rings (SSSR count). The maximum Gasteiger partial charge on any atom is 0.237 e. The first kappa shape index (κ1) is 19.6. The van der Waals surface area contributed by atoms with Gasteiger partial charge in [0.1, 0.15) is 12.1 Å².